The molecule has 1 heterocycles. The Kier molecular flexibility index (Phi) is 6.39. The maximum atomic E-state index is 12.5. The minimum atomic E-state index is -0.277. The quantitative estimate of drug-likeness (QED) is 0.626. The molecule has 0 aliphatic rings. The van der Waals surface area contributed by atoms with Crippen molar-refractivity contribution in [2.45, 2.75) is 13.3 Å². The van der Waals surface area contributed by atoms with Gasteiger partial charge < -0.3 is 23.9 Å². The number of oxazole rings is 1. The van der Waals surface area contributed by atoms with Gasteiger partial charge in [0.2, 0.25) is 5.89 Å². The highest BCUT2D eigenvalue weighted by atomic mass is 16.5. The van der Waals surface area contributed by atoms with Gasteiger partial charge in [0.05, 0.1) is 21.3 Å². The first-order valence-electron chi connectivity index (χ1n) is 9.16. The lowest BCUT2D eigenvalue weighted by atomic mass is 10.1. The molecule has 1 amide bonds. The topological polar surface area (TPSA) is 82.8 Å². The van der Waals surface area contributed by atoms with Crippen LogP contribution in [-0.4, -0.2) is 38.8 Å². The molecule has 0 bridgehead atoms. The Balaban J connectivity index is 1.65. The van der Waals surface area contributed by atoms with Crippen LogP contribution in [0.15, 0.2) is 46.9 Å². The van der Waals surface area contributed by atoms with Crippen LogP contribution in [0, 0.1) is 6.92 Å². The number of ether oxygens (including phenoxy) is 3. The minimum absolute atomic E-state index is 0.273. The molecule has 1 N–H and O–H groups in total. The normalized spacial score (nSPS) is 10.5. The van der Waals surface area contributed by atoms with Gasteiger partial charge >= 0.3 is 0 Å². The highest BCUT2D eigenvalue weighted by Gasteiger charge is 2.18. The van der Waals surface area contributed by atoms with E-state index in [9.17, 15) is 4.79 Å². The van der Waals surface area contributed by atoms with Crippen LogP contribution in [0.25, 0.3) is 11.5 Å². The van der Waals surface area contributed by atoms with Gasteiger partial charge in [-0.2, -0.15) is 0 Å². The van der Waals surface area contributed by atoms with E-state index < -0.39 is 0 Å². The number of hydrogen-bond donors (Lipinski definition) is 1. The summed E-state index contributed by atoms with van der Waals surface area (Å²) >= 11 is 0. The zero-order chi connectivity index (χ0) is 20.8. The first-order valence-corrected chi connectivity index (χ1v) is 9.16. The van der Waals surface area contributed by atoms with Gasteiger partial charge in [-0.1, -0.05) is 12.1 Å². The number of amides is 1. The molecule has 152 valence electrons. The lowest BCUT2D eigenvalue weighted by molar-refractivity contribution is 0.0948. The van der Waals surface area contributed by atoms with Crippen molar-refractivity contribution in [2.75, 3.05) is 27.9 Å². The number of methoxy groups -OCH3 is 3. The van der Waals surface area contributed by atoms with E-state index in [0.29, 0.717) is 41.9 Å². The number of nitrogens with one attached hydrogen (secondary N) is 1. The molecule has 3 rings (SSSR count). The van der Waals surface area contributed by atoms with Crippen LogP contribution < -0.4 is 19.5 Å². The standard InChI is InChI=1S/C22H24N2O5/c1-14-20(24-22(29-14)16-6-5-7-17(13-16)26-2)21(25)23-11-10-15-8-9-18(27-3)19(12-15)28-4/h5-9,12-13H,10-11H2,1-4H3,(H,23,25). The summed E-state index contributed by atoms with van der Waals surface area (Å²) in [6.45, 7) is 2.18. The number of nitrogens with zero attached hydrogens (tertiary/aromatic N) is 1. The largest absolute Gasteiger partial charge is 0.497 e. The lowest BCUT2D eigenvalue weighted by Gasteiger charge is -2.10. The van der Waals surface area contributed by atoms with Crippen LogP contribution in [0.5, 0.6) is 17.2 Å². The van der Waals surface area contributed by atoms with E-state index in [1.165, 1.54) is 0 Å². The number of hydrogen-bond acceptors (Lipinski definition) is 6. The fourth-order valence-corrected chi connectivity index (χ4v) is 2.93. The van der Waals surface area contributed by atoms with E-state index in [1.807, 2.05) is 42.5 Å². The Morgan fingerprint density at radius 3 is 2.55 bits per heavy atom. The molecule has 2 aromatic carbocycles. The van der Waals surface area contributed by atoms with Crippen molar-refractivity contribution < 1.29 is 23.4 Å². The van der Waals surface area contributed by atoms with Gasteiger partial charge in [0.25, 0.3) is 5.91 Å². The molecule has 0 radical (unpaired) electrons. The zero-order valence-corrected chi connectivity index (χ0v) is 16.9. The number of carbonyl (C=O) groups is 1. The molecule has 29 heavy (non-hydrogen) atoms. The molecule has 0 aliphatic carbocycles. The number of rotatable bonds is 8. The van der Waals surface area contributed by atoms with Gasteiger partial charge in [0, 0.05) is 12.1 Å². The van der Waals surface area contributed by atoms with Crippen molar-refractivity contribution >= 4 is 5.91 Å². The molecule has 0 saturated carbocycles. The fraction of sp³-hybridized carbons (Fsp3) is 0.273. The van der Waals surface area contributed by atoms with Crippen molar-refractivity contribution in [2.24, 2.45) is 0 Å². The molecule has 0 atom stereocenters. The molecule has 7 nitrogen and oxygen atoms in total. The molecule has 0 fully saturated rings. The summed E-state index contributed by atoms with van der Waals surface area (Å²) in [5.74, 6) is 2.59. The van der Waals surface area contributed by atoms with Gasteiger partial charge in [0.15, 0.2) is 17.2 Å². The molecule has 1 aromatic heterocycles. The zero-order valence-electron chi connectivity index (χ0n) is 16.9. The number of aryl methyl sites for hydroxylation is 1. The molecule has 0 aliphatic heterocycles. The van der Waals surface area contributed by atoms with E-state index in [0.717, 1.165) is 11.1 Å². The first-order chi connectivity index (χ1) is 14.0. The molecule has 3 aromatic rings. The number of carbonyl (C=O) groups excluding carboxylic acids is 1. The average Bonchev–Trinajstić information content (AvgIpc) is 3.15. The summed E-state index contributed by atoms with van der Waals surface area (Å²) in [6, 6.07) is 13.0. The van der Waals surface area contributed by atoms with Gasteiger partial charge in [-0.3, -0.25) is 4.79 Å². The second kappa shape index (κ2) is 9.14. The third-order valence-corrected chi connectivity index (χ3v) is 4.48. The Hall–Kier alpha value is -3.48. The van der Waals surface area contributed by atoms with Crippen LogP contribution in [-0.2, 0) is 6.42 Å². The van der Waals surface area contributed by atoms with Gasteiger partial charge in [0.1, 0.15) is 11.5 Å². The fourth-order valence-electron chi connectivity index (χ4n) is 2.93. The Bertz CT molecular complexity index is 997. The van der Waals surface area contributed by atoms with Crippen molar-refractivity contribution in [3.63, 3.8) is 0 Å². The molecule has 0 unspecified atom stereocenters. The van der Waals surface area contributed by atoms with Crippen molar-refractivity contribution in [1.29, 1.82) is 0 Å². The Morgan fingerprint density at radius 2 is 1.83 bits per heavy atom. The molecule has 0 saturated heterocycles. The van der Waals surface area contributed by atoms with E-state index in [4.69, 9.17) is 18.6 Å². The predicted octanol–water partition coefficient (Wildman–Crippen LogP) is 3.65. The lowest BCUT2D eigenvalue weighted by Crippen LogP contribution is -2.26. The number of aromatic nitrogens is 1. The SMILES string of the molecule is COc1cccc(-c2nc(C(=O)NCCc3ccc(OC)c(OC)c3)c(C)o2)c1. The van der Waals surface area contributed by atoms with E-state index in [1.54, 1.807) is 28.3 Å². The first kappa shape index (κ1) is 20.3. The second-order valence-corrected chi connectivity index (χ2v) is 6.35. The van der Waals surface area contributed by atoms with Gasteiger partial charge in [-0.25, -0.2) is 4.98 Å². The summed E-state index contributed by atoms with van der Waals surface area (Å²) in [4.78, 5) is 16.9. The summed E-state index contributed by atoms with van der Waals surface area (Å²) in [7, 11) is 4.78. The molecular formula is C22H24N2O5. The van der Waals surface area contributed by atoms with Crippen LogP contribution in [0.4, 0.5) is 0 Å². The second-order valence-electron chi connectivity index (χ2n) is 6.35. The summed E-state index contributed by atoms with van der Waals surface area (Å²) in [5.41, 5.74) is 2.05. The van der Waals surface area contributed by atoms with E-state index in [2.05, 4.69) is 10.3 Å². The Labute approximate surface area is 169 Å². The van der Waals surface area contributed by atoms with Gasteiger partial charge in [-0.05, 0) is 49.2 Å². The maximum Gasteiger partial charge on any atom is 0.273 e. The average molecular weight is 396 g/mol. The highest BCUT2D eigenvalue weighted by molar-refractivity contribution is 5.93. The van der Waals surface area contributed by atoms with Crippen molar-refractivity contribution in [3.8, 4) is 28.7 Å². The smallest absolute Gasteiger partial charge is 0.273 e. The predicted molar refractivity (Wildman–Crippen MR) is 109 cm³/mol. The highest BCUT2D eigenvalue weighted by Crippen LogP contribution is 2.28. The number of benzene rings is 2. The maximum absolute atomic E-state index is 12.5. The molecule has 0 spiro atoms. The van der Waals surface area contributed by atoms with Gasteiger partial charge in [-0.15, -0.1) is 0 Å². The summed E-state index contributed by atoms with van der Waals surface area (Å²) in [5, 5.41) is 2.88. The molecular weight excluding hydrogens is 372 g/mol. The Morgan fingerprint density at radius 1 is 1.03 bits per heavy atom. The van der Waals surface area contributed by atoms with Crippen LogP contribution in [0.3, 0.4) is 0 Å². The van der Waals surface area contributed by atoms with Crippen LogP contribution in [0.2, 0.25) is 0 Å². The van der Waals surface area contributed by atoms with Crippen LogP contribution in [0.1, 0.15) is 21.8 Å². The van der Waals surface area contributed by atoms with E-state index in [-0.39, 0.29) is 11.6 Å². The van der Waals surface area contributed by atoms with Crippen molar-refractivity contribution in [1.82, 2.24) is 10.3 Å². The van der Waals surface area contributed by atoms with Crippen molar-refractivity contribution in [3.05, 3.63) is 59.5 Å². The third kappa shape index (κ3) is 4.68. The summed E-state index contributed by atoms with van der Waals surface area (Å²) < 4.78 is 21.4. The minimum Gasteiger partial charge on any atom is -0.497 e. The summed E-state index contributed by atoms with van der Waals surface area (Å²) in [6.07, 6.45) is 0.645. The molecule has 7 heteroatoms. The monoisotopic (exact) mass is 396 g/mol. The third-order valence-electron chi connectivity index (χ3n) is 4.48. The van der Waals surface area contributed by atoms with E-state index >= 15 is 0 Å². The van der Waals surface area contributed by atoms with Crippen LogP contribution >= 0.6 is 0 Å².